The second kappa shape index (κ2) is 9.06. The Balaban J connectivity index is 4.22. The summed E-state index contributed by atoms with van der Waals surface area (Å²) >= 11 is 0. The minimum absolute atomic E-state index is 0.134. The summed E-state index contributed by atoms with van der Waals surface area (Å²) in [7, 11) is 0. The van der Waals surface area contributed by atoms with Crippen LogP contribution >= 0.6 is 0 Å². The first-order valence-electron chi connectivity index (χ1n) is 6.96. The Bertz CT molecular complexity index is 257. The lowest BCUT2D eigenvalue weighted by molar-refractivity contribution is -0.143. The van der Waals surface area contributed by atoms with Gasteiger partial charge in [0.05, 0.1) is 18.2 Å². The van der Waals surface area contributed by atoms with E-state index in [1.54, 1.807) is 0 Å². The molecule has 18 heavy (non-hydrogen) atoms. The molecule has 0 aliphatic heterocycles. The van der Waals surface area contributed by atoms with Crippen LogP contribution in [0.4, 0.5) is 0 Å². The van der Waals surface area contributed by atoms with Gasteiger partial charge in [-0.05, 0) is 40.5 Å². The van der Waals surface area contributed by atoms with Crippen molar-refractivity contribution in [3.8, 4) is 0 Å². The van der Waals surface area contributed by atoms with Gasteiger partial charge in [0.25, 0.3) is 0 Å². The molecule has 0 saturated heterocycles. The summed E-state index contributed by atoms with van der Waals surface area (Å²) in [4.78, 5) is 11.3. The number of hydrogen-bond donors (Lipinski definition) is 0. The Morgan fingerprint density at radius 2 is 1.89 bits per heavy atom. The zero-order valence-corrected chi connectivity index (χ0v) is 12.5. The first kappa shape index (κ1) is 17.1. The Hall–Kier alpha value is -0.930. The quantitative estimate of drug-likeness (QED) is 0.484. The number of rotatable bonds is 8. The molecule has 0 rings (SSSR count). The standard InChI is InChI=1S/C14H28N2O2/c1-6-8-9-12(15-16-14(3,4)5)10-11-13(17)18-7-2/h12H,6-11H2,1-5H3. The molecule has 0 amide bonds. The van der Waals surface area contributed by atoms with Crippen molar-refractivity contribution in [1.82, 2.24) is 0 Å². The number of azo groups is 1. The van der Waals surface area contributed by atoms with E-state index in [0.29, 0.717) is 13.0 Å². The fourth-order valence-electron chi connectivity index (χ4n) is 1.47. The lowest BCUT2D eigenvalue weighted by atomic mass is 10.1. The third-order valence-electron chi connectivity index (χ3n) is 2.40. The SMILES string of the molecule is CCCCC(CCC(=O)OCC)N=NC(C)(C)C. The number of esters is 1. The van der Waals surface area contributed by atoms with Crippen LogP contribution in [0.5, 0.6) is 0 Å². The molecule has 0 spiro atoms. The zero-order chi connectivity index (χ0) is 14.0. The van der Waals surface area contributed by atoms with E-state index >= 15 is 0 Å². The Kier molecular flexibility index (Phi) is 8.59. The molecule has 1 unspecified atom stereocenters. The van der Waals surface area contributed by atoms with Crippen molar-refractivity contribution >= 4 is 5.97 Å². The highest BCUT2D eigenvalue weighted by atomic mass is 16.5. The molecule has 0 aliphatic rings. The molecule has 1 atom stereocenters. The molecule has 0 heterocycles. The molecule has 0 aromatic heterocycles. The van der Waals surface area contributed by atoms with E-state index in [-0.39, 0.29) is 17.6 Å². The fraction of sp³-hybridized carbons (Fsp3) is 0.929. The Morgan fingerprint density at radius 1 is 1.22 bits per heavy atom. The lowest BCUT2D eigenvalue weighted by Gasteiger charge is -2.14. The molecular formula is C14H28N2O2. The average Bonchev–Trinajstić information content (AvgIpc) is 2.27. The monoisotopic (exact) mass is 256 g/mol. The number of carbonyl (C=O) groups excluding carboxylic acids is 1. The third kappa shape index (κ3) is 10.2. The van der Waals surface area contributed by atoms with Gasteiger partial charge in [0.1, 0.15) is 0 Å². The number of unbranched alkanes of at least 4 members (excludes halogenated alkanes) is 1. The van der Waals surface area contributed by atoms with Crippen LogP contribution in [-0.2, 0) is 9.53 Å². The lowest BCUT2D eigenvalue weighted by Crippen LogP contribution is -2.13. The maximum atomic E-state index is 11.3. The van der Waals surface area contributed by atoms with E-state index < -0.39 is 0 Å². The second-order valence-electron chi connectivity index (χ2n) is 5.53. The molecular weight excluding hydrogens is 228 g/mol. The van der Waals surface area contributed by atoms with Crippen LogP contribution in [0.3, 0.4) is 0 Å². The zero-order valence-electron chi connectivity index (χ0n) is 12.5. The molecule has 0 aromatic carbocycles. The minimum Gasteiger partial charge on any atom is -0.466 e. The van der Waals surface area contributed by atoms with Crippen molar-refractivity contribution in [2.24, 2.45) is 10.2 Å². The maximum Gasteiger partial charge on any atom is 0.305 e. The second-order valence-corrected chi connectivity index (χ2v) is 5.53. The van der Waals surface area contributed by atoms with Crippen LogP contribution in [0.2, 0.25) is 0 Å². The number of ether oxygens (including phenoxy) is 1. The topological polar surface area (TPSA) is 51.0 Å². The van der Waals surface area contributed by atoms with Crippen LogP contribution < -0.4 is 0 Å². The molecule has 4 heteroatoms. The van der Waals surface area contributed by atoms with Crippen molar-refractivity contribution < 1.29 is 9.53 Å². The Morgan fingerprint density at radius 3 is 2.39 bits per heavy atom. The van der Waals surface area contributed by atoms with Crippen LogP contribution in [0, 0.1) is 0 Å². The summed E-state index contributed by atoms with van der Waals surface area (Å²) in [5, 5.41) is 8.69. The fourth-order valence-corrected chi connectivity index (χ4v) is 1.47. The largest absolute Gasteiger partial charge is 0.466 e. The highest BCUT2D eigenvalue weighted by molar-refractivity contribution is 5.69. The first-order chi connectivity index (χ1) is 8.39. The van der Waals surface area contributed by atoms with Gasteiger partial charge in [-0.25, -0.2) is 0 Å². The summed E-state index contributed by atoms with van der Waals surface area (Å²) < 4.78 is 4.93. The predicted octanol–water partition coefficient (Wildman–Crippen LogP) is 4.14. The van der Waals surface area contributed by atoms with E-state index in [9.17, 15) is 4.79 Å². The normalized spacial score (nSPS) is 13.8. The van der Waals surface area contributed by atoms with Gasteiger partial charge >= 0.3 is 5.97 Å². The van der Waals surface area contributed by atoms with Gasteiger partial charge in [-0.15, -0.1) is 0 Å². The highest BCUT2D eigenvalue weighted by Crippen LogP contribution is 2.15. The predicted molar refractivity (Wildman–Crippen MR) is 73.8 cm³/mol. The molecule has 0 aromatic rings. The van der Waals surface area contributed by atoms with E-state index in [2.05, 4.69) is 17.2 Å². The van der Waals surface area contributed by atoms with Crippen LogP contribution in [0.15, 0.2) is 10.2 Å². The summed E-state index contributed by atoms with van der Waals surface area (Å²) in [6.45, 7) is 10.5. The summed E-state index contributed by atoms with van der Waals surface area (Å²) in [5.74, 6) is -0.134. The van der Waals surface area contributed by atoms with Gasteiger partial charge < -0.3 is 4.74 Å². The summed E-state index contributed by atoms with van der Waals surface area (Å²) in [6.07, 6.45) is 4.43. The molecule has 0 radical (unpaired) electrons. The summed E-state index contributed by atoms with van der Waals surface area (Å²) in [5.41, 5.74) is -0.144. The van der Waals surface area contributed by atoms with Gasteiger partial charge in [0.15, 0.2) is 0 Å². The molecule has 0 bridgehead atoms. The van der Waals surface area contributed by atoms with Gasteiger partial charge in [0.2, 0.25) is 0 Å². The van der Waals surface area contributed by atoms with Crippen LogP contribution in [0.1, 0.15) is 66.7 Å². The number of nitrogens with zero attached hydrogens (tertiary/aromatic N) is 2. The van der Waals surface area contributed by atoms with E-state index in [1.807, 2.05) is 27.7 Å². The maximum absolute atomic E-state index is 11.3. The average molecular weight is 256 g/mol. The van der Waals surface area contributed by atoms with Gasteiger partial charge in [-0.3, -0.25) is 4.79 Å². The van der Waals surface area contributed by atoms with Crippen LogP contribution in [-0.4, -0.2) is 24.2 Å². The number of carbonyl (C=O) groups is 1. The van der Waals surface area contributed by atoms with Crippen molar-refractivity contribution in [2.75, 3.05) is 6.61 Å². The van der Waals surface area contributed by atoms with Crippen molar-refractivity contribution in [3.63, 3.8) is 0 Å². The molecule has 4 nitrogen and oxygen atoms in total. The first-order valence-corrected chi connectivity index (χ1v) is 6.96. The van der Waals surface area contributed by atoms with Crippen molar-refractivity contribution in [3.05, 3.63) is 0 Å². The van der Waals surface area contributed by atoms with Crippen LogP contribution in [0.25, 0.3) is 0 Å². The highest BCUT2D eigenvalue weighted by Gasteiger charge is 2.13. The molecule has 0 aliphatic carbocycles. The number of hydrogen-bond acceptors (Lipinski definition) is 4. The smallest absolute Gasteiger partial charge is 0.305 e. The molecule has 0 fully saturated rings. The van der Waals surface area contributed by atoms with Crippen molar-refractivity contribution in [1.29, 1.82) is 0 Å². The third-order valence-corrected chi connectivity index (χ3v) is 2.40. The molecule has 0 saturated carbocycles. The van der Waals surface area contributed by atoms with Gasteiger partial charge in [-0.1, -0.05) is 19.8 Å². The van der Waals surface area contributed by atoms with E-state index in [1.165, 1.54) is 0 Å². The molecule has 0 N–H and O–H groups in total. The van der Waals surface area contributed by atoms with Crippen molar-refractivity contribution in [2.45, 2.75) is 78.3 Å². The van der Waals surface area contributed by atoms with E-state index in [0.717, 1.165) is 25.7 Å². The molecule has 106 valence electrons. The summed E-state index contributed by atoms with van der Waals surface area (Å²) in [6, 6.07) is 0.147. The van der Waals surface area contributed by atoms with Gasteiger partial charge in [-0.2, -0.15) is 10.2 Å². The Labute approximate surface area is 111 Å². The van der Waals surface area contributed by atoms with E-state index in [4.69, 9.17) is 4.74 Å². The van der Waals surface area contributed by atoms with Gasteiger partial charge in [0, 0.05) is 6.42 Å². The minimum atomic E-state index is -0.144.